The minimum atomic E-state index is -1.70. The van der Waals surface area contributed by atoms with Crippen LogP contribution in [0, 0.1) is 12.8 Å². The van der Waals surface area contributed by atoms with E-state index < -0.39 is 5.60 Å². The number of aryl methyl sites for hydroxylation is 1. The van der Waals surface area contributed by atoms with Crippen molar-refractivity contribution in [2.24, 2.45) is 5.92 Å². The van der Waals surface area contributed by atoms with E-state index in [4.69, 9.17) is 0 Å². The molecule has 1 unspecified atom stereocenters. The van der Waals surface area contributed by atoms with Crippen LogP contribution in [0.4, 0.5) is 5.69 Å². The minimum absolute atomic E-state index is 0.166. The van der Waals surface area contributed by atoms with Gasteiger partial charge >= 0.3 is 0 Å². The van der Waals surface area contributed by atoms with Gasteiger partial charge in [-0.05, 0) is 31.7 Å². The standard InChI is InChI=1S/C17H23NO3/c1-11(2)8-9-18-15-12(3)6-5-7-14(15)17(21,16(18)20)10-13(4)19/h5-7,11,21H,8-10H2,1-4H3. The van der Waals surface area contributed by atoms with E-state index in [2.05, 4.69) is 13.8 Å². The van der Waals surface area contributed by atoms with Gasteiger partial charge in [0.1, 0.15) is 5.78 Å². The van der Waals surface area contributed by atoms with E-state index in [0.717, 1.165) is 17.7 Å². The molecule has 0 spiro atoms. The lowest BCUT2D eigenvalue weighted by Crippen LogP contribution is -2.42. The van der Waals surface area contributed by atoms with E-state index >= 15 is 0 Å². The van der Waals surface area contributed by atoms with E-state index in [9.17, 15) is 14.7 Å². The molecule has 0 saturated heterocycles. The molecular weight excluding hydrogens is 266 g/mol. The number of benzene rings is 1. The van der Waals surface area contributed by atoms with Crippen molar-refractivity contribution in [2.45, 2.75) is 46.1 Å². The summed E-state index contributed by atoms with van der Waals surface area (Å²) >= 11 is 0. The molecule has 1 heterocycles. The first kappa shape index (κ1) is 15.7. The quantitative estimate of drug-likeness (QED) is 0.906. The predicted molar refractivity (Wildman–Crippen MR) is 82.2 cm³/mol. The highest BCUT2D eigenvalue weighted by molar-refractivity contribution is 6.09. The predicted octanol–water partition coefficient (Wildman–Crippen LogP) is 2.55. The number of anilines is 1. The van der Waals surface area contributed by atoms with Crippen molar-refractivity contribution in [1.29, 1.82) is 0 Å². The van der Waals surface area contributed by atoms with Crippen LogP contribution in [0.3, 0.4) is 0 Å². The highest BCUT2D eigenvalue weighted by Crippen LogP contribution is 2.44. The Morgan fingerprint density at radius 3 is 2.62 bits per heavy atom. The Bertz CT molecular complexity index is 579. The molecule has 1 aromatic rings. The zero-order valence-corrected chi connectivity index (χ0v) is 13.1. The molecule has 1 aliphatic rings. The molecule has 2 rings (SSSR count). The lowest BCUT2D eigenvalue weighted by atomic mass is 9.89. The molecule has 0 aliphatic carbocycles. The molecule has 21 heavy (non-hydrogen) atoms. The van der Waals surface area contributed by atoms with Crippen LogP contribution in [0.25, 0.3) is 0 Å². The Morgan fingerprint density at radius 1 is 1.38 bits per heavy atom. The Hall–Kier alpha value is -1.68. The number of nitrogens with zero attached hydrogens (tertiary/aromatic N) is 1. The summed E-state index contributed by atoms with van der Waals surface area (Å²) in [6.07, 6.45) is 0.691. The van der Waals surface area contributed by atoms with Gasteiger partial charge in [0, 0.05) is 18.5 Å². The number of aliphatic hydroxyl groups is 1. The number of hydrogen-bond donors (Lipinski definition) is 1. The van der Waals surface area contributed by atoms with Crippen molar-refractivity contribution in [1.82, 2.24) is 0 Å². The summed E-state index contributed by atoms with van der Waals surface area (Å²) in [6, 6.07) is 5.49. The summed E-state index contributed by atoms with van der Waals surface area (Å²) < 4.78 is 0. The molecule has 0 aromatic heterocycles. The first-order valence-corrected chi connectivity index (χ1v) is 7.41. The molecule has 1 N–H and O–H groups in total. The molecule has 1 aromatic carbocycles. The number of carbonyl (C=O) groups is 2. The van der Waals surface area contributed by atoms with E-state index in [-0.39, 0.29) is 18.1 Å². The number of amides is 1. The van der Waals surface area contributed by atoms with E-state index in [1.807, 2.05) is 19.1 Å². The summed E-state index contributed by atoms with van der Waals surface area (Å²) in [7, 11) is 0. The lowest BCUT2D eigenvalue weighted by Gasteiger charge is -2.23. The van der Waals surface area contributed by atoms with Crippen molar-refractivity contribution in [3.8, 4) is 0 Å². The average molecular weight is 289 g/mol. The number of hydrogen-bond acceptors (Lipinski definition) is 3. The average Bonchev–Trinajstić information content (AvgIpc) is 2.58. The molecular formula is C17H23NO3. The monoisotopic (exact) mass is 289 g/mol. The first-order chi connectivity index (χ1) is 9.77. The molecule has 4 heteroatoms. The molecule has 4 nitrogen and oxygen atoms in total. The molecule has 1 aliphatic heterocycles. The maximum absolute atomic E-state index is 12.7. The Kier molecular flexibility index (Phi) is 4.19. The number of para-hydroxylation sites is 1. The van der Waals surface area contributed by atoms with Gasteiger partial charge in [-0.3, -0.25) is 9.59 Å². The van der Waals surface area contributed by atoms with E-state index in [0.29, 0.717) is 18.0 Å². The van der Waals surface area contributed by atoms with Gasteiger partial charge in [0.15, 0.2) is 5.60 Å². The normalized spacial score (nSPS) is 21.0. The van der Waals surface area contributed by atoms with Crippen molar-refractivity contribution < 1.29 is 14.7 Å². The lowest BCUT2D eigenvalue weighted by molar-refractivity contribution is -0.141. The van der Waals surface area contributed by atoms with Gasteiger partial charge < -0.3 is 10.0 Å². The highest BCUT2D eigenvalue weighted by atomic mass is 16.3. The van der Waals surface area contributed by atoms with Gasteiger partial charge in [-0.15, -0.1) is 0 Å². The summed E-state index contributed by atoms with van der Waals surface area (Å²) in [5, 5.41) is 10.8. The largest absolute Gasteiger partial charge is 0.375 e. The fourth-order valence-electron chi connectivity index (χ4n) is 2.92. The third-order valence-electron chi connectivity index (χ3n) is 3.99. The van der Waals surface area contributed by atoms with Crippen molar-refractivity contribution >= 4 is 17.4 Å². The zero-order chi connectivity index (χ0) is 15.8. The third kappa shape index (κ3) is 2.72. The fourth-order valence-corrected chi connectivity index (χ4v) is 2.92. The Balaban J connectivity index is 2.48. The molecule has 0 saturated carbocycles. The molecule has 1 atom stereocenters. The van der Waals surface area contributed by atoms with Crippen LogP contribution >= 0.6 is 0 Å². The van der Waals surface area contributed by atoms with Gasteiger partial charge in [-0.2, -0.15) is 0 Å². The maximum Gasteiger partial charge on any atom is 0.264 e. The van der Waals surface area contributed by atoms with Crippen molar-refractivity contribution in [3.63, 3.8) is 0 Å². The first-order valence-electron chi connectivity index (χ1n) is 7.41. The highest BCUT2D eigenvalue weighted by Gasteiger charge is 2.50. The van der Waals surface area contributed by atoms with Crippen LogP contribution < -0.4 is 4.90 Å². The zero-order valence-electron chi connectivity index (χ0n) is 13.1. The maximum atomic E-state index is 12.7. The Morgan fingerprint density at radius 2 is 2.05 bits per heavy atom. The van der Waals surface area contributed by atoms with Gasteiger partial charge in [-0.1, -0.05) is 32.0 Å². The van der Waals surface area contributed by atoms with Crippen LogP contribution in [0.2, 0.25) is 0 Å². The van der Waals surface area contributed by atoms with E-state index in [1.54, 1.807) is 11.0 Å². The van der Waals surface area contributed by atoms with Crippen LogP contribution in [-0.4, -0.2) is 23.3 Å². The minimum Gasteiger partial charge on any atom is -0.375 e. The van der Waals surface area contributed by atoms with Gasteiger partial charge in [-0.25, -0.2) is 0 Å². The number of ketones is 1. The number of rotatable bonds is 5. The number of Topliss-reactive ketones (excluding diaryl/α,β-unsaturated/α-hetero) is 1. The topological polar surface area (TPSA) is 57.6 Å². The third-order valence-corrected chi connectivity index (χ3v) is 3.99. The molecule has 0 radical (unpaired) electrons. The molecule has 114 valence electrons. The smallest absolute Gasteiger partial charge is 0.264 e. The second-order valence-corrected chi connectivity index (χ2v) is 6.35. The van der Waals surface area contributed by atoms with E-state index in [1.165, 1.54) is 6.92 Å². The summed E-state index contributed by atoms with van der Waals surface area (Å²) in [6.45, 7) is 8.09. The number of fused-ring (bicyclic) bond motifs is 1. The Labute approximate surface area is 125 Å². The summed E-state index contributed by atoms with van der Waals surface area (Å²) in [5.74, 6) is -0.0987. The van der Waals surface area contributed by atoms with Crippen LogP contribution in [0.15, 0.2) is 18.2 Å². The SMILES string of the molecule is CC(=O)CC1(O)C(=O)N(CCC(C)C)c2c(C)cccc21. The number of carbonyl (C=O) groups excluding carboxylic acids is 2. The second kappa shape index (κ2) is 5.60. The summed E-state index contributed by atoms with van der Waals surface area (Å²) in [4.78, 5) is 25.8. The fraction of sp³-hybridized carbons (Fsp3) is 0.529. The van der Waals surface area contributed by atoms with Gasteiger partial charge in [0.25, 0.3) is 5.91 Å². The molecule has 1 amide bonds. The molecule has 0 bridgehead atoms. The van der Waals surface area contributed by atoms with Gasteiger partial charge in [0.2, 0.25) is 0 Å². The second-order valence-electron chi connectivity index (χ2n) is 6.35. The van der Waals surface area contributed by atoms with Crippen LogP contribution in [0.1, 0.15) is 44.7 Å². The molecule has 0 fully saturated rings. The van der Waals surface area contributed by atoms with Gasteiger partial charge in [0.05, 0.1) is 5.69 Å². The van der Waals surface area contributed by atoms with Crippen molar-refractivity contribution in [3.05, 3.63) is 29.3 Å². The van der Waals surface area contributed by atoms with Crippen LogP contribution in [0.5, 0.6) is 0 Å². The van der Waals surface area contributed by atoms with Crippen LogP contribution in [-0.2, 0) is 15.2 Å². The summed E-state index contributed by atoms with van der Waals surface area (Å²) in [5.41, 5.74) is 0.576. The van der Waals surface area contributed by atoms with Crippen molar-refractivity contribution in [2.75, 3.05) is 11.4 Å².